The van der Waals surface area contributed by atoms with E-state index < -0.39 is 0 Å². The third kappa shape index (κ3) is 3.01. The summed E-state index contributed by atoms with van der Waals surface area (Å²) in [6.45, 7) is 0.907. The van der Waals surface area contributed by atoms with E-state index in [2.05, 4.69) is 9.97 Å². The molecule has 0 saturated carbocycles. The van der Waals surface area contributed by atoms with Crippen LogP contribution in [0.2, 0.25) is 0 Å². The fraction of sp³-hybridized carbons (Fsp3) is 0.158. The van der Waals surface area contributed by atoms with Crippen molar-refractivity contribution in [2.24, 2.45) is 0 Å². The van der Waals surface area contributed by atoms with Crippen LogP contribution >= 0.6 is 11.3 Å². The Kier molecular flexibility index (Phi) is 4.21. The number of ether oxygens (including phenoxy) is 1. The molecule has 4 rings (SSSR count). The average molecular weight is 351 g/mol. The number of para-hydroxylation sites is 1. The molecule has 2 aromatic carbocycles. The van der Waals surface area contributed by atoms with Crippen molar-refractivity contribution in [1.82, 2.24) is 9.97 Å². The van der Waals surface area contributed by atoms with Gasteiger partial charge in [0.2, 0.25) is 0 Å². The van der Waals surface area contributed by atoms with Crippen LogP contribution in [0, 0.1) is 0 Å². The highest BCUT2D eigenvalue weighted by atomic mass is 32.1. The number of aromatic nitrogens is 2. The first kappa shape index (κ1) is 15.8. The number of carbonyl (C=O) groups is 1. The van der Waals surface area contributed by atoms with E-state index >= 15 is 0 Å². The molecule has 0 aliphatic heterocycles. The van der Waals surface area contributed by atoms with Crippen molar-refractivity contribution >= 4 is 43.5 Å². The molecular weight excluding hydrogens is 334 g/mol. The van der Waals surface area contributed by atoms with Gasteiger partial charge in [-0.2, -0.15) is 0 Å². The minimum absolute atomic E-state index is 0.0763. The van der Waals surface area contributed by atoms with Crippen LogP contribution in [-0.2, 0) is 4.74 Å². The minimum atomic E-state index is -0.0763. The van der Waals surface area contributed by atoms with Crippen molar-refractivity contribution in [2.75, 3.05) is 25.2 Å². The summed E-state index contributed by atoms with van der Waals surface area (Å²) in [7, 11) is 1.63. The highest BCUT2D eigenvalue weighted by Gasteiger charge is 2.21. The van der Waals surface area contributed by atoms with Crippen molar-refractivity contribution in [1.29, 1.82) is 0 Å². The first-order valence-electron chi connectivity index (χ1n) is 8.00. The van der Waals surface area contributed by atoms with Gasteiger partial charge in [-0.25, -0.2) is 4.98 Å². The van der Waals surface area contributed by atoms with Gasteiger partial charge < -0.3 is 9.72 Å². The van der Waals surface area contributed by atoms with Gasteiger partial charge in [-0.1, -0.05) is 29.5 Å². The second-order valence-corrected chi connectivity index (χ2v) is 6.70. The molecule has 0 unspecified atom stereocenters. The van der Waals surface area contributed by atoms with E-state index in [0.717, 1.165) is 21.1 Å². The highest BCUT2D eigenvalue weighted by Crippen LogP contribution is 2.29. The predicted octanol–water partition coefficient (Wildman–Crippen LogP) is 4.07. The van der Waals surface area contributed by atoms with Crippen molar-refractivity contribution in [2.45, 2.75) is 0 Å². The Morgan fingerprint density at radius 2 is 2.12 bits per heavy atom. The normalized spacial score (nSPS) is 11.2. The lowest BCUT2D eigenvalue weighted by Gasteiger charge is -2.19. The largest absolute Gasteiger partial charge is 0.383 e. The fourth-order valence-electron chi connectivity index (χ4n) is 2.78. The zero-order chi connectivity index (χ0) is 17.2. The number of aromatic amines is 1. The summed E-state index contributed by atoms with van der Waals surface area (Å²) in [4.78, 5) is 22.6. The van der Waals surface area contributed by atoms with E-state index in [9.17, 15) is 4.79 Å². The SMILES string of the molecule is COCCN(C(=O)c1ccc2cc[nH]c2c1)c1nc2ccccc2s1. The van der Waals surface area contributed by atoms with Crippen LogP contribution in [0.5, 0.6) is 0 Å². The van der Waals surface area contributed by atoms with Gasteiger partial charge in [0.15, 0.2) is 5.13 Å². The van der Waals surface area contributed by atoms with Gasteiger partial charge in [-0.05, 0) is 35.7 Å². The molecular formula is C19H17N3O2S. The number of nitrogens with zero attached hydrogens (tertiary/aromatic N) is 2. The summed E-state index contributed by atoms with van der Waals surface area (Å²) in [6.07, 6.45) is 1.87. The Hall–Kier alpha value is -2.70. The maximum Gasteiger partial charge on any atom is 0.260 e. The molecule has 0 bridgehead atoms. The van der Waals surface area contributed by atoms with E-state index in [-0.39, 0.29) is 5.91 Å². The molecule has 0 saturated heterocycles. The number of hydrogen-bond acceptors (Lipinski definition) is 4. The number of carbonyl (C=O) groups excluding carboxylic acids is 1. The van der Waals surface area contributed by atoms with Gasteiger partial charge >= 0.3 is 0 Å². The van der Waals surface area contributed by atoms with Gasteiger partial charge in [-0.3, -0.25) is 9.69 Å². The molecule has 2 aromatic heterocycles. The van der Waals surface area contributed by atoms with Crippen molar-refractivity contribution < 1.29 is 9.53 Å². The average Bonchev–Trinajstić information content (AvgIpc) is 3.27. The van der Waals surface area contributed by atoms with Gasteiger partial charge in [0.1, 0.15) is 0 Å². The Labute approximate surface area is 148 Å². The Morgan fingerprint density at radius 1 is 1.24 bits per heavy atom. The molecule has 0 atom stereocenters. The van der Waals surface area contributed by atoms with Crippen LogP contribution in [-0.4, -0.2) is 36.1 Å². The lowest BCUT2D eigenvalue weighted by Crippen LogP contribution is -2.33. The predicted molar refractivity (Wildman–Crippen MR) is 101 cm³/mol. The van der Waals surface area contributed by atoms with Crippen molar-refractivity contribution in [3.05, 3.63) is 60.3 Å². The summed E-state index contributed by atoms with van der Waals surface area (Å²) < 4.78 is 6.25. The van der Waals surface area contributed by atoms with Crippen LogP contribution in [0.1, 0.15) is 10.4 Å². The van der Waals surface area contributed by atoms with Gasteiger partial charge in [0.05, 0.1) is 23.4 Å². The first-order chi connectivity index (χ1) is 12.3. The summed E-state index contributed by atoms with van der Waals surface area (Å²) in [6, 6.07) is 15.6. The van der Waals surface area contributed by atoms with Gasteiger partial charge in [-0.15, -0.1) is 0 Å². The first-order valence-corrected chi connectivity index (χ1v) is 8.81. The Morgan fingerprint density at radius 3 is 2.96 bits per heavy atom. The lowest BCUT2D eigenvalue weighted by molar-refractivity contribution is 0.0976. The number of hydrogen-bond donors (Lipinski definition) is 1. The Balaban J connectivity index is 1.73. The van der Waals surface area contributed by atoms with Crippen LogP contribution in [0.25, 0.3) is 21.1 Å². The van der Waals surface area contributed by atoms with E-state index in [0.29, 0.717) is 23.8 Å². The number of fused-ring (bicyclic) bond motifs is 2. The molecule has 0 aliphatic carbocycles. The zero-order valence-corrected chi connectivity index (χ0v) is 14.5. The standard InChI is InChI=1S/C19H17N3O2S/c1-24-11-10-22(19-21-15-4-2-3-5-17(15)25-19)18(23)14-7-6-13-8-9-20-16(13)12-14/h2-9,12,20H,10-11H2,1H3. The van der Waals surface area contributed by atoms with Gasteiger partial charge in [0, 0.05) is 24.4 Å². The van der Waals surface area contributed by atoms with Crippen LogP contribution in [0.15, 0.2) is 54.7 Å². The molecule has 1 N–H and O–H groups in total. The third-order valence-corrected chi connectivity index (χ3v) is 5.14. The van der Waals surface area contributed by atoms with E-state index in [1.54, 1.807) is 12.0 Å². The number of anilines is 1. The number of rotatable bonds is 5. The number of benzene rings is 2. The van der Waals surface area contributed by atoms with E-state index in [1.165, 1.54) is 11.3 Å². The van der Waals surface area contributed by atoms with Crippen molar-refractivity contribution in [3.63, 3.8) is 0 Å². The molecule has 126 valence electrons. The maximum atomic E-state index is 13.1. The summed E-state index contributed by atoms with van der Waals surface area (Å²) in [5.41, 5.74) is 2.48. The van der Waals surface area contributed by atoms with Crippen LogP contribution in [0.3, 0.4) is 0 Å². The molecule has 0 spiro atoms. The van der Waals surface area contributed by atoms with E-state index in [1.807, 2.05) is 54.7 Å². The zero-order valence-electron chi connectivity index (χ0n) is 13.7. The molecule has 25 heavy (non-hydrogen) atoms. The molecule has 1 amide bonds. The monoisotopic (exact) mass is 351 g/mol. The van der Waals surface area contributed by atoms with Gasteiger partial charge in [0.25, 0.3) is 5.91 Å². The van der Waals surface area contributed by atoms with Crippen molar-refractivity contribution in [3.8, 4) is 0 Å². The summed E-state index contributed by atoms with van der Waals surface area (Å²) in [5.74, 6) is -0.0763. The topological polar surface area (TPSA) is 58.2 Å². The summed E-state index contributed by atoms with van der Waals surface area (Å²) >= 11 is 1.51. The van der Waals surface area contributed by atoms with E-state index in [4.69, 9.17) is 4.74 Å². The molecule has 0 radical (unpaired) electrons. The minimum Gasteiger partial charge on any atom is -0.383 e. The quantitative estimate of drug-likeness (QED) is 0.590. The second-order valence-electron chi connectivity index (χ2n) is 5.69. The van der Waals surface area contributed by atoms with Crippen LogP contribution < -0.4 is 4.90 Å². The lowest BCUT2D eigenvalue weighted by atomic mass is 10.1. The molecule has 6 heteroatoms. The number of H-pyrrole nitrogens is 1. The number of thiazole rings is 1. The molecule has 0 fully saturated rings. The Bertz CT molecular complexity index is 1000. The molecule has 0 aliphatic rings. The smallest absolute Gasteiger partial charge is 0.260 e. The molecule has 4 aromatic rings. The summed E-state index contributed by atoms with van der Waals surface area (Å²) in [5, 5.41) is 1.77. The molecule has 5 nitrogen and oxygen atoms in total. The third-order valence-electron chi connectivity index (χ3n) is 4.08. The van der Waals surface area contributed by atoms with Crippen LogP contribution in [0.4, 0.5) is 5.13 Å². The highest BCUT2D eigenvalue weighted by molar-refractivity contribution is 7.22. The number of nitrogens with one attached hydrogen (secondary N) is 1. The number of amides is 1. The maximum absolute atomic E-state index is 13.1. The fourth-order valence-corrected chi connectivity index (χ4v) is 3.77. The molecule has 2 heterocycles. The number of methoxy groups -OCH3 is 1. The second kappa shape index (κ2) is 6.66.